The van der Waals surface area contributed by atoms with Gasteiger partial charge in [0.1, 0.15) is 0 Å². The molecule has 142 valence electrons. The van der Waals surface area contributed by atoms with Crippen LogP contribution in [-0.2, 0) is 11.3 Å². The lowest BCUT2D eigenvalue weighted by Crippen LogP contribution is -2.42. The van der Waals surface area contributed by atoms with E-state index in [1.54, 1.807) is 11.4 Å². The van der Waals surface area contributed by atoms with E-state index in [0.29, 0.717) is 12.6 Å². The third kappa shape index (κ3) is 3.39. The van der Waals surface area contributed by atoms with Crippen molar-refractivity contribution in [2.24, 2.45) is 0 Å². The first kappa shape index (κ1) is 17.9. The van der Waals surface area contributed by atoms with E-state index in [2.05, 4.69) is 58.5 Å². The summed E-state index contributed by atoms with van der Waals surface area (Å²) in [7, 11) is 0. The van der Waals surface area contributed by atoms with Gasteiger partial charge in [-0.1, -0.05) is 19.1 Å². The second kappa shape index (κ2) is 7.23. The highest BCUT2D eigenvalue weighted by atomic mass is 16.2. The van der Waals surface area contributed by atoms with Gasteiger partial charge in [-0.15, -0.1) is 5.10 Å². The van der Waals surface area contributed by atoms with Crippen LogP contribution in [0.2, 0.25) is 0 Å². The highest BCUT2D eigenvalue weighted by Gasteiger charge is 2.26. The molecule has 0 saturated carbocycles. The number of aromatic nitrogens is 4. The quantitative estimate of drug-likeness (QED) is 0.694. The third-order valence-corrected chi connectivity index (χ3v) is 5.64. The molecule has 3 aromatic rings. The van der Waals surface area contributed by atoms with Crippen molar-refractivity contribution in [3.63, 3.8) is 0 Å². The Bertz CT molecular complexity index is 981. The number of carbonyl (C=O) groups excluding carboxylic acids is 1. The van der Waals surface area contributed by atoms with Crippen molar-refractivity contribution in [1.29, 1.82) is 0 Å². The normalized spacial score (nSPS) is 17.8. The minimum absolute atomic E-state index is 0.0904. The Morgan fingerprint density at radius 3 is 2.96 bits per heavy atom. The molecule has 7 heteroatoms. The van der Waals surface area contributed by atoms with E-state index in [-0.39, 0.29) is 5.91 Å². The van der Waals surface area contributed by atoms with Gasteiger partial charge in [0.15, 0.2) is 5.65 Å². The van der Waals surface area contributed by atoms with Gasteiger partial charge in [0.05, 0.1) is 5.52 Å². The van der Waals surface area contributed by atoms with Crippen molar-refractivity contribution in [2.75, 3.05) is 19.6 Å². The zero-order valence-corrected chi connectivity index (χ0v) is 16.2. The third-order valence-electron chi connectivity index (χ3n) is 5.64. The van der Waals surface area contributed by atoms with Crippen LogP contribution in [0.3, 0.4) is 0 Å². The summed E-state index contributed by atoms with van der Waals surface area (Å²) in [6, 6.07) is 8.81. The number of fused-ring (bicyclic) bond motifs is 3. The molecule has 1 aromatic carbocycles. The molecule has 1 amide bonds. The fourth-order valence-electron chi connectivity index (χ4n) is 4.16. The van der Waals surface area contributed by atoms with Crippen LogP contribution >= 0.6 is 0 Å². The Morgan fingerprint density at radius 1 is 1.33 bits per heavy atom. The van der Waals surface area contributed by atoms with E-state index in [1.807, 2.05) is 4.90 Å². The van der Waals surface area contributed by atoms with Crippen molar-refractivity contribution < 1.29 is 4.79 Å². The first-order valence-corrected chi connectivity index (χ1v) is 9.66. The van der Waals surface area contributed by atoms with Gasteiger partial charge in [0.25, 0.3) is 0 Å². The van der Waals surface area contributed by atoms with Crippen LogP contribution in [0.1, 0.15) is 37.8 Å². The number of benzene rings is 1. The lowest BCUT2D eigenvalue weighted by atomic mass is 10.1. The minimum Gasteiger partial charge on any atom is -0.337 e. The van der Waals surface area contributed by atoms with Crippen LogP contribution in [0.15, 0.2) is 24.3 Å². The highest BCUT2D eigenvalue weighted by molar-refractivity contribution is 5.84. The lowest BCUT2D eigenvalue weighted by Gasteiger charge is -2.29. The summed E-state index contributed by atoms with van der Waals surface area (Å²) in [4.78, 5) is 16.8. The SMILES string of the molecule is CCN1CCC[C@@H]1CN(Cc1cc2ccc(C)cc2n2nnnc12)C(C)=O. The molecule has 1 saturated heterocycles. The maximum atomic E-state index is 12.4. The average Bonchev–Trinajstić information content (AvgIpc) is 3.30. The lowest BCUT2D eigenvalue weighted by molar-refractivity contribution is -0.130. The molecule has 1 atom stereocenters. The molecule has 0 bridgehead atoms. The monoisotopic (exact) mass is 366 g/mol. The Hall–Kier alpha value is -2.54. The Kier molecular flexibility index (Phi) is 4.78. The summed E-state index contributed by atoms with van der Waals surface area (Å²) in [5.74, 6) is 0.0904. The molecule has 4 rings (SSSR count). The van der Waals surface area contributed by atoms with E-state index >= 15 is 0 Å². The maximum Gasteiger partial charge on any atom is 0.219 e. The van der Waals surface area contributed by atoms with Gasteiger partial charge < -0.3 is 4.90 Å². The molecule has 2 aromatic heterocycles. The molecule has 1 aliphatic rings. The van der Waals surface area contributed by atoms with Crippen LogP contribution in [0.5, 0.6) is 0 Å². The number of hydrogen-bond donors (Lipinski definition) is 0. The van der Waals surface area contributed by atoms with Gasteiger partial charge in [-0.3, -0.25) is 9.69 Å². The molecule has 0 radical (unpaired) electrons. The van der Waals surface area contributed by atoms with Crippen molar-refractivity contribution >= 4 is 22.5 Å². The van der Waals surface area contributed by atoms with Gasteiger partial charge in [-0.25, -0.2) is 0 Å². The molecule has 0 aliphatic carbocycles. The summed E-state index contributed by atoms with van der Waals surface area (Å²) < 4.78 is 1.78. The number of rotatable bonds is 5. The second-order valence-corrected chi connectivity index (χ2v) is 7.47. The standard InChI is InChI=1S/C20H26N6O/c1-4-24-9-5-6-18(24)13-25(15(3)27)12-17-11-16-8-7-14(2)10-19(16)26-20(17)21-22-23-26/h7-8,10-11,18H,4-6,9,12-13H2,1-3H3/t18-/m1/s1. The van der Waals surface area contributed by atoms with Crippen molar-refractivity contribution in [1.82, 2.24) is 29.8 Å². The summed E-state index contributed by atoms with van der Waals surface area (Å²) in [6.45, 7) is 9.33. The summed E-state index contributed by atoms with van der Waals surface area (Å²) in [5, 5.41) is 13.4. The molecule has 1 aliphatic heterocycles. The first-order chi connectivity index (χ1) is 13.1. The number of pyridine rings is 1. The van der Waals surface area contributed by atoms with E-state index in [1.165, 1.54) is 12.0 Å². The van der Waals surface area contributed by atoms with Crippen molar-refractivity contribution in [2.45, 2.75) is 46.2 Å². The smallest absolute Gasteiger partial charge is 0.219 e. The molecule has 7 nitrogen and oxygen atoms in total. The van der Waals surface area contributed by atoms with E-state index < -0.39 is 0 Å². The predicted molar refractivity (Wildman–Crippen MR) is 104 cm³/mol. The molecule has 27 heavy (non-hydrogen) atoms. The number of amides is 1. The molecule has 0 spiro atoms. The molecule has 1 fully saturated rings. The van der Waals surface area contributed by atoms with E-state index in [4.69, 9.17) is 0 Å². The van der Waals surface area contributed by atoms with E-state index in [0.717, 1.165) is 48.2 Å². The van der Waals surface area contributed by atoms with Crippen LogP contribution in [0.25, 0.3) is 16.6 Å². The molecule has 0 unspecified atom stereocenters. The van der Waals surface area contributed by atoms with Crippen LogP contribution < -0.4 is 0 Å². The fourth-order valence-corrected chi connectivity index (χ4v) is 4.16. The summed E-state index contributed by atoms with van der Waals surface area (Å²) in [6.07, 6.45) is 2.36. The Balaban J connectivity index is 1.68. The second-order valence-electron chi connectivity index (χ2n) is 7.47. The van der Waals surface area contributed by atoms with Gasteiger partial charge in [-0.2, -0.15) is 4.52 Å². The van der Waals surface area contributed by atoms with Gasteiger partial charge in [-0.05, 0) is 61.0 Å². The Morgan fingerprint density at radius 2 is 2.19 bits per heavy atom. The molecule has 0 N–H and O–H groups in total. The van der Waals surface area contributed by atoms with Gasteiger partial charge in [0.2, 0.25) is 5.91 Å². The minimum atomic E-state index is 0.0904. The van der Waals surface area contributed by atoms with Crippen LogP contribution in [-0.4, -0.2) is 61.4 Å². The van der Waals surface area contributed by atoms with Crippen LogP contribution in [0.4, 0.5) is 0 Å². The summed E-state index contributed by atoms with van der Waals surface area (Å²) >= 11 is 0. The first-order valence-electron chi connectivity index (χ1n) is 9.66. The zero-order valence-electron chi connectivity index (χ0n) is 16.2. The van der Waals surface area contributed by atoms with E-state index in [9.17, 15) is 4.79 Å². The highest BCUT2D eigenvalue weighted by Crippen LogP contribution is 2.23. The number of hydrogen-bond acceptors (Lipinski definition) is 5. The number of likely N-dealkylation sites (tertiary alicyclic amines) is 1. The molecular weight excluding hydrogens is 340 g/mol. The summed E-state index contributed by atoms with van der Waals surface area (Å²) in [5.41, 5.74) is 3.85. The largest absolute Gasteiger partial charge is 0.337 e. The zero-order chi connectivity index (χ0) is 19.0. The topological polar surface area (TPSA) is 66.6 Å². The number of nitrogens with zero attached hydrogens (tertiary/aromatic N) is 6. The number of aryl methyl sites for hydroxylation is 1. The average molecular weight is 366 g/mol. The number of likely N-dealkylation sites (N-methyl/N-ethyl adjacent to an activating group) is 1. The van der Waals surface area contributed by atoms with Crippen molar-refractivity contribution in [3.05, 3.63) is 35.4 Å². The van der Waals surface area contributed by atoms with Gasteiger partial charge in [0, 0.05) is 37.0 Å². The fraction of sp³-hybridized carbons (Fsp3) is 0.500. The Labute approximate surface area is 158 Å². The molecule has 3 heterocycles. The predicted octanol–water partition coefficient (Wildman–Crippen LogP) is 2.42. The van der Waals surface area contributed by atoms with Crippen molar-refractivity contribution in [3.8, 4) is 0 Å². The molecular formula is C20H26N6O. The maximum absolute atomic E-state index is 12.4. The number of tetrazole rings is 1. The van der Waals surface area contributed by atoms with Gasteiger partial charge >= 0.3 is 0 Å². The van der Waals surface area contributed by atoms with Crippen LogP contribution in [0, 0.1) is 6.92 Å². The number of carbonyl (C=O) groups is 1.